The van der Waals surface area contributed by atoms with Crippen molar-refractivity contribution in [2.45, 2.75) is 25.9 Å². The van der Waals surface area contributed by atoms with Crippen LogP contribution in [0.2, 0.25) is 0 Å². The maximum absolute atomic E-state index is 13.0. The number of carboxylic acid groups (broad SMARTS) is 1. The normalized spacial score (nSPS) is 17.9. The van der Waals surface area contributed by atoms with E-state index >= 15 is 0 Å². The molecule has 4 nitrogen and oxygen atoms in total. The summed E-state index contributed by atoms with van der Waals surface area (Å²) in [5.74, 6) is -0.886. The Morgan fingerprint density at radius 1 is 1.36 bits per heavy atom. The molecule has 1 saturated heterocycles. The third-order valence-corrected chi connectivity index (χ3v) is 4.18. The van der Waals surface area contributed by atoms with Crippen molar-refractivity contribution in [3.63, 3.8) is 0 Å². The van der Waals surface area contributed by atoms with Crippen molar-refractivity contribution in [1.29, 1.82) is 5.26 Å². The van der Waals surface area contributed by atoms with Gasteiger partial charge in [0.2, 0.25) is 0 Å². The van der Waals surface area contributed by atoms with Gasteiger partial charge in [-0.15, -0.1) is 0 Å². The summed E-state index contributed by atoms with van der Waals surface area (Å²) in [5.41, 5.74) is -1.85. The lowest BCUT2D eigenvalue weighted by Crippen LogP contribution is -2.42. The number of anilines is 1. The van der Waals surface area contributed by atoms with Gasteiger partial charge in [-0.25, -0.2) is 0 Å². The van der Waals surface area contributed by atoms with E-state index in [-0.39, 0.29) is 0 Å². The summed E-state index contributed by atoms with van der Waals surface area (Å²) in [6.45, 7) is 2.38. The number of piperidine rings is 1. The maximum atomic E-state index is 13.0. The first-order chi connectivity index (χ1) is 10.2. The predicted octanol–water partition coefficient (Wildman–Crippen LogP) is 3.27. The number of nitriles is 1. The first-order valence-corrected chi connectivity index (χ1v) is 6.77. The number of hydrogen-bond donors (Lipinski definition) is 1. The van der Waals surface area contributed by atoms with Crippen LogP contribution in [0.4, 0.5) is 18.9 Å². The van der Waals surface area contributed by atoms with E-state index in [9.17, 15) is 23.1 Å². The van der Waals surface area contributed by atoms with Crippen LogP contribution >= 0.6 is 0 Å². The molecule has 0 bridgehead atoms. The SMILES string of the molecule is CC1(C(=O)O)CCN(c2ccc(C#N)c(C(F)(F)F)c2)CC1. The van der Waals surface area contributed by atoms with Crippen molar-refractivity contribution in [1.82, 2.24) is 0 Å². The minimum Gasteiger partial charge on any atom is -0.481 e. The van der Waals surface area contributed by atoms with E-state index in [4.69, 9.17) is 5.26 Å². The van der Waals surface area contributed by atoms with Crippen LogP contribution in [0.5, 0.6) is 0 Å². The van der Waals surface area contributed by atoms with Gasteiger partial charge in [0.05, 0.1) is 22.6 Å². The average Bonchev–Trinajstić information content (AvgIpc) is 2.46. The minimum absolute atomic E-state index is 0.360. The van der Waals surface area contributed by atoms with Gasteiger partial charge < -0.3 is 10.0 Å². The Labute approximate surface area is 125 Å². The third kappa shape index (κ3) is 3.01. The van der Waals surface area contributed by atoms with Gasteiger partial charge in [0.25, 0.3) is 0 Å². The van der Waals surface area contributed by atoms with Crippen molar-refractivity contribution in [3.8, 4) is 6.07 Å². The minimum atomic E-state index is -4.59. The lowest BCUT2D eigenvalue weighted by Gasteiger charge is -2.38. The fourth-order valence-corrected chi connectivity index (χ4v) is 2.53. The highest BCUT2D eigenvalue weighted by molar-refractivity contribution is 5.74. The van der Waals surface area contributed by atoms with E-state index in [1.165, 1.54) is 6.07 Å². The maximum Gasteiger partial charge on any atom is 0.417 e. The summed E-state index contributed by atoms with van der Waals surface area (Å²) in [7, 11) is 0. The van der Waals surface area contributed by atoms with Gasteiger partial charge in [-0.3, -0.25) is 4.79 Å². The van der Waals surface area contributed by atoms with Crippen LogP contribution in [0.25, 0.3) is 0 Å². The summed E-state index contributed by atoms with van der Waals surface area (Å²) < 4.78 is 38.9. The molecule has 0 unspecified atom stereocenters. The van der Waals surface area contributed by atoms with E-state index in [1.54, 1.807) is 17.9 Å². The quantitative estimate of drug-likeness (QED) is 0.910. The molecule has 0 spiro atoms. The highest BCUT2D eigenvalue weighted by Gasteiger charge is 2.38. The number of halogens is 3. The molecule has 0 aliphatic carbocycles. The number of hydrogen-bond acceptors (Lipinski definition) is 3. The third-order valence-electron chi connectivity index (χ3n) is 4.18. The monoisotopic (exact) mass is 312 g/mol. The van der Waals surface area contributed by atoms with Crippen LogP contribution < -0.4 is 4.90 Å². The highest BCUT2D eigenvalue weighted by atomic mass is 19.4. The molecule has 1 aliphatic rings. The Hall–Kier alpha value is -2.23. The Morgan fingerprint density at radius 3 is 2.41 bits per heavy atom. The number of benzene rings is 1. The van der Waals surface area contributed by atoms with Crippen molar-refractivity contribution in [2.24, 2.45) is 5.41 Å². The van der Waals surface area contributed by atoms with Crippen LogP contribution in [-0.4, -0.2) is 24.2 Å². The highest BCUT2D eigenvalue weighted by Crippen LogP contribution is 2.37. The molecule has 22 heavy (non-hydrogen) atoms. The fourth-order valence-electron chi connectivity index (χ4n) is 2.53. The molecule has 1 aliphatic heterocycles. The zero-order valence-corrected chi connectivity index (χ0v) is 11.9. The molecule has 0 atom stereocenters. The number of carboxylic acids is 1. The first kappa shape index (κ1) is 16.1. The number of carbonyl (C=O) groups is 1. The largest absolute Gasteiger partial charge is 0.481 e. The van der Waals surface area contributed by atoms with E-state index in [2.05, 4.69) is 0 Å². The van der Waals surface area contributed by atoms with Gasteiger partial charge in [-0.2, -0.15) is 18.4 Å². The van der Waals surface area contributed by atoms with E-state index in [0.717, 1.165) is 12.1 Å². The summed E-state index contributed by atoms with van der Waals surface area (Å²) in [4.78, 5) is 12.9. The molecule has 1 heterocycles. The number of rotatable bonds is 2. The molecule has 1 fully saturated rings. The first-order valence-electron chi connectivity index (χ1n) is 6.77. The molecular formula is C15H15F3N2O2. The molecule has 1 N–H and O–H groups in total. The molecule has 0 radical (unpaired) electrons. The summed E-state index contributed by atoms with van der Waals surface area (Å²) >= 11 is 0. The zero-order valence-electron chi connectivity index (χ0n) is 11.9. The topological polar surface area (TPSA) is 64.3 Å². The number of aliphatic carboxylic acids is 1. The summed E-state index contributed by atoms with van der Waals surface area (Å²) in [6, 6.07) is 5.13. The zero-order chi connectivity index (χ0) is 16.5. The van der Waals surface area contributed by atoms with Gasteiger partial charge in [-0.1, -0.05) is 0 Å². The molecule has 7 heteroatoms. The van der Waals surface area contributed by atoms with Crippen LogP contribution in [0.3, 0.4) is 0 Å². The van der Waals surface area contributed by atoms with Gasteiger partial charge >= 0.3 is 12.1 Å². The Bertz CT molecular complexity index is 627. The fraction of sp³-hybridized carbons (Fsp3) is 0.467. The Balaban J connectivity index is 2.25. The van der Waals surface area contributed by atoms with Crippen molar-refractivity contribution < 1.29 is 23.1 Å². The van der Waals surface area contributed by atoms with Crippen molar-refractivity contribution in [2.75, 3.05) is 18.0 Å². The second-order valence-electron chi connectivity index (χ2n) is 5.69. The van der Waals surface area contributed by atoms with Crippen LogP contribution in [-0.2, 0) is 11.0 Å². The lowest BCUT2D eigenvalue weighted by molar-refractivity contribution is -0.149. The van der Waals surface area contributed by atoms with E-state index in [1.807, 2.05) is 0 Å². The van der Waals surface area contributed by atoms with Gasteiger partial charge in [0, 0.05) is 18.8 Å². The van der Waals surface area contributed by atoms with E-state index in [0.29, 0.717) is 31.6 Å². The van der Waals surface area contributed by atoms with Crippen molar-refractivity contribution in [3.05, 3.63) is 29.3 Å². The molecule has 1 aromatic carbocycles. The summed E-state index contributed by atoms with van der Waals surface area (Å²) in [5, 5.41) is 18.0. The standard InChI is InChI=1S/C15H15F3N2O2/c1-14(13(21)22)4-6-20(7-5-14)11-3-2-10(9-19)12(8-11)15(16,17)18/h2-3,8H,4-7H2,1H3,(H,21,22). The van der Waals surface area contributed by atoms with Gasteiger partial charge in [0.1, 0.15) is 0 Å². The van der Waals surface area contributed by atoms with Crippen LogP contribution in [0, 0.1) is 16.7 Å². The predicted molar refractivity (Wildman–Crippen MR) is 73.3 cm³/mol. The van der Waals surface area contributed by atoms with Crippen LogP contribution in [0.15, 0.2) is 18.2 Å². The molecule has 0 amide bonds. The molecule has 2 rings (SSSR count). The summed E-state index contributed by atoms with van der Waals surface area (Å²) in [6.07, 6.45) is -3.86. The smallest absolute Gasteiger partial charge is 0.417 e. The van der Waals surface area contributed by atoms with Gasteiger partial charge in [0.15, 0.2) is 0 Å². The molecule has 118 valence electrons. The molecule has 1 aromatic rings. The van der Waals surface area contributed by atoms with Crippen molar-refractivity contribution >= 4 is 11.7 Å². The van der Waals surface area contributed by atoms with Crippen LogP contribution in [0.1, 0.15) is 30.9 Å². The second kappa shape index (κ2) is 5.52. The number of alkyl halides is 3. The molecular weight excluding hydrogens is 297 g/mol. The number of nitrogens with zero attached hydrogens (tertiary/aromatic N) is 2. The average molecular weight is 312 g/mol. The Morgan fingerprint density at radius 2 is 1.95 bits per heavy atom. The molecule has 0 saturated carbocycles. The van der Waals surface area contributed by atoms with Gasteiger partial charge in [-0.05, 0) is 38.0 Å². The molecule has 0 aromatic heterocycles. The second-order valence-corrected chi connectivity index (χ2v) is 5.69. The lowest BCUT2D eigenvalue weighted by atomic mass is 9.80. The van der Waals surface area contributed by atoms with E-state index < -0.39 is 28.7 Å². The Kier molecular flexibility index (Phi) is 4.05.